The number of nitrogen functional groups attached to an aromatic ring is 1. The summed E-state index contributed by atoms with van der Waals surface area (Å²) in [5.41, 5.74) is 7.53. The molecule has 0 saturated heterocycles. The van der Waals surface area contributed by atoms with Gasteiger partial charge in [-0.15, -0.1) is 17.8 Å². The van der Waals surface area contributed by atoms with Crippen LogP contribution in [0.5, 0.6) is 0 Å². The molecule has 20 heavy (non-hydrogen) atoms. The number of aryl methyl sites for hydroxylation is 1. The second-order valence-electron chi connectivity index (χ2n) is 4.06. The normalized spacial score (nSPS) is 10.1. The number of benzene rings is 1. The van der Waals surface area contributed by atoms with Gasteiger partial charge in [-0.05, 0) is 24.6 Å². The zero-order chi connectivity index (χ0) is 14.7. The van der Waals surface area contributed by atoms with Crippen molar-refractivity contribution >= 4 is 22.3 Å². The Balaban J connectivity index is 2.50. The topological polar surface area (TPSA) is 52.3 Å². The lowest BCUT2D eigenvalue weighted by molar-refractivity contribution is 0.0559. The van der Waals surface area contributed by atoms with Gasteiger partial charge >= 0.3 is 5.97 Å². The number of ether oxygens (including phenoxy) is 1. The van der Waals surface area contributed by atoms with Crippen molar-refractivity contribution in [1.82, 2.24) is 0 Å². The number of hydrogen-bond donors (Lipinski definition) is 1. The average molecular weight is 289 g/mol. The number of rotatable bonds is 3. The van der Waals surface area contributed by atoms with E-state index in [1.54, 1.807) is 12.1 Å². The molecule has 2 aromatic rings. The van der Waals surface area contributed by atoms with Crippen LogP contribution < -0.4 is 5.73 Å². The van der Waals surface area contributed by atoms with Crippen LogP contribution in [0.1, 0.15) is 15.2 Å². The summed E-state index contributed by atoms with van der Waals surface area (Å²) < 4.78 is 17.9. The summed E-state index contributed by atoms with van der Waals surface area (Å²) in [6, 6.07) is 5.86. The molecule has 0 bridgehead atoms. The molecule has 2 rings (SSSR count). The molecule has 2 N–H and O–H groups in total. The Bertz CT molecular complexity index is 683. The van der Waals surface area contributed by atoms with Gasteiger partial charge in [-0.1, -0.05) is 18.1 Å². The summed E-state index contributed by atoms with van der Waals surface area (Å²) in [4.78, 5) is 12.9. The molecule has 0 saturated carbocycles. The third-order valence-electron chi connectivity index (χ3n) is 2.74. The molecular formula is C15H12FNO2S. The van der Waals surface area contributed by atoms with Gasteiger partial charge in [0.25, 0.3) is 0 Å². The Morgan fingerprint density at radius 1 is 1.45 bits per heavy atom. The predicted octanol–water partition coefficient (Wildman–Crippen LogP) is 3.23. The minimum Gasteiger partial charge on any atom is -0.449 e. The van der Waals surface area contributed by atoms with Crippen LogP contribution in [0.3, 0.4) is 0 Å². The molecule has 0 aliphatic rings. The van der Waals surface area contributed by atoms with Gasteiger partial charge in [-0.3, -0.25) is 0 Å². The van der Waals surface area contributed by atoms with Crippen LogP contribution in [0.25, 0.3) is 11.1 Å². The Labute approximate surface area is 120 Å². The molecule has 0 amide bonds. The van der Waals surface area contributed by atoms with Crippen LogP contribution in [-0.4, -0.2) is 12.6 Å². The number of anilines is 1. The summed E-state index contributed by atoms with van der Waals surface area (Å²) in [7, 11) is 0. The van der Waals surface area contributed by atoms with E-state index < -0.39 is 5.97 Å². The quantitative estimate of drug-likeness (QED) is 0.697. The van der Waals surface area contributed by atoms with Crippen LogP contribution in [0.2, 0.25) is 0 Å². The largest absolute Gasteiger partial charge is 0.449 e. The molecule has 1 aromatic carbocycles. The minimum atomic E-state index is -0.566. The van der Waals surface area contributed by atoms with Crippen LogP contribution >= 0.6 is 11.3 Å². The second-order valence-corrected chi connectivity index (χ2v) is 5.32. The van der Waals surface area contributed by atoms with Gasteiger partial charge in [-0.25, -0.2) is 9.18 Å². The minimum absolute atomic E-state index is 0.115. The number of halogens is 1. The first-order valence-corrected chi connectivity index (χ1v) is 6.61. The average Bonchev–Trinajstić information content (AvgIpc) is 2.72. The van der Waals surface area contributed by atoms with Crippen molar-refractivity contribution in [2.45, 2.75) is 6.92 Å². The van der Waals surface area contributed by atoms with Crippen LogP contribution in [-0.2, 0) is 4.74 Å². The maximum absolute atomic E-state index is 13.0. The molecule has 102 valence electrons. The number of thiophene rings is 1. The summed E-state index contributed by atoms with van der Waals surface area (Å²) in [5, 5.41) is 0.365. The van der Waals surface area contributed by atoms with Gasteiger partial charge in [0.1, 0.15) is 16.4 Å². The fourth-order valence-corrected chi connectivity index (χ4v) is 2.85. The van der Waals surface area contributed by atoms with Crippen LogP contribution in [0.4, 0.5) is 9.39 Å². The fourth-order valence-electron chi connectivity index (χ4n) is 1.91. The van der Waals surface area contributed by atoms with Crippen molar-refractivity contribution in [3.05, 3.63) is 40.5 Å². The fraction of sp³-hybridized carbons (Fsp3) is 0.133. The second kappa shape index (κ2) is 5.76. The van der Waals surface area contributed by atoms with E-state index in [4.69, 9.17) is 16.9 Å². The molecule has 0 radical (unpaired) electrons. The van der Waals surface area contributed by atoms with E-state index in [1.807, 2.05) is 6.92 Å². The molecule has 5 heteroatoms. The Morgan fingerprint density at radius 2 is 2.10 bits per heavy atom. The number of nitrogens with two attached hydrogens (primary N) is 1. The highest BCUT2D eigenvalue weighted by Gasteiger charge is 2.22. The molecule has 0 aliphatic carbocycles. The molecule has 3 nitrogen and oxygen atoms in total. The van der Waals surface area contributed by atoms with Gasteiger partial charge < -0.3 is 10.5 Å². The van der Waals surface area contributed by atoms with Crippen molar-refractivity contribution in [3.8, 4) is 23.5 Å². The van der Waals surface area contributed by atoms with Crippen LogP contribution in [0.15, 0.2) is 24.3 Å². The van der Waals surface area contributed by atoms with Crippen molar-refractivity contribution < 1.29 is 13.9 Å². The molecule has 0 atom stereocenters. The van der Waals surface area contributed by atoms with Gasteiger partial charge in [-0.2, -0.15) is 0 Å². The van der Waals surface area contributed by atoms with Gasteiger partial charge in [0.15, 0.2) is 6.61 Å². The SMILES string of the molecule is C#CCOC(=O)c1c(N)sc(C)c1-c1ccc(F)cc1. The molecule has 0 spiro atoms. The van der Waals surface area contributed by atoms with Crippen molar-refractivity contribution in [3.63, 3.8) is 0 Å². The van der Waals surface area contributed by atoms with E-state index in [1.165, 1.54) is 23.5 Å². The third-order valence-corrected chi connectivity index (χ3v) is 3.67. The molecule has 1 aromatic heterocycles. The van der Waals surface area contributed by atoms with E-state index in [9.17, 15) is 9.18 Å². The van der Waals surface area contributed by atoms with E-state index in [0.717, 1.165) is 4.88 Å². The summed E-state index contributed by atoms with van der Waals surface area (Å²) in [6.45, 7) is 1.73. The van der Waals surface area contributed by atoms with Gasteiger partial charge in [0.05, 0.1) is 0 Å². The molecule has 1 heterocycles. The number of carbonyl (C=O) groups excluding carboxylic acids is 1. The monoisotopic (exact) mass is 289 g/mol. The van der Waals surface area contributed by atoms with Gasteiger partial charge in [0, 0.05) is 10.4 Å². The Kier molecular flexibility index (Phi) is 4.06. The lowest BCUT2D eigenvalue weighted by Gasteiger charge is -2.06. The molecular weight excluding hydrogens is 277 g/mol. The first kappa shape index (κ1) is 14.1. The number of esters is 1. The van der Waals surface area contributed by atoms with E-state index >= 15 is 0 Å². The summed E-state index contributed by atoms with van der Waals surface area (Å²) >= 11 is 1.29. The summed E-state index contributed by atoms with van der Waals surface area (Å²) in [5.74, 6) is 1.32. The van der Waals surface area contributed by atoms with Crippen molar-refractivity contribution in [2.75, 3.05) is 12.3 Å². The van der Waals surface area contributed by atoms with E-state index in [0.29, 0.717) is 16.1 Å². The standard InChI is InChI=1S/C15H12FNO2S/c1-3-8-19-15(18)13-12(9(2)20-14(13)17)10-4-6-11(16)7-5-10/h1,4-7H,8,17H2,2H3. The van der Waals surface area contributed by atoms with Crippen molar-refractivity contribution in [1.29, 1.82) is 0 Å². The Morgan fingerprint density at radius 3 is 2.70 bits per heavy atom. The maximum atomic E-state index is 13.0. The van der Waals surface area contributed by atoms with E-state index in [2.05, 4.69) is 5.92 Å². The zero-order valence-electron chi connectivity index (χ0n) is 10.8. The maximum Gasteiger partial charge on any atom is 0.342 e. The van der Waals surface area contributed by atoms with Crippen molar-refractivity contribution in [2.24, 2.45) is 0 Å². The zero-order valence-corrected chi connectivity index (χ0v) is 11.6. The molecule has 0 fully saturated rings. The molecule has 0 unspecified atom stereocenters. The number of terminal acetylenes is 1. The lowest BCUT2D eigenvalue weighted by Crippen LogP contribution is -2.08. The third kappa shape index (κ3) is 2.65. The number of hydrogen-bond acceptors (Lipinski definition) is 4. The van der Waals surface area contributed by atoms with Gasteiger partial charge in [0.2, 0.25) is 0 Å². The first-order chi connectivity index (χ1) is 9.54. The highest BCUT2D eigenvalue weighted by Crippen LogP contribution is 2.38. The smallest absolute Gasteiger partial charge is 0.342 e. The Hall–Kier alpha value is -2.32. The van der Waals surface area contributed by atoms with Crippen LogP contribution in [0, 0.1) is 25.1 Å². The molecule has 0 aliphatic heterocycles. The highest BCUT2D eigenvalue weighted by molar-refractivity contribution is 7.16. The highest BCUT2D eigenvalue weighted by atomic mass is 32.1. The summed E-state index contributed by atoms with van der Waals surface area (Å²) in [6.07, 6.45) is 5.07. The first-order valence-electron chi connectivity index (χ1n) is 5.80. The number of carbonyl (C=O) groups is 1. The van der Waals surface area contributed by atoms with E-state index in [-0.39, 0.29) is 18.0 Å². The predicted molar refractivity (Wildman–Crippen MR) is 78.0 cm³/mol. The lowest BCUT2D eigenvalue weighted by atomic mass is 10.0.